The molecule has 148 valence electrons. The minimum atomic E-state index is -0.590. The quantitative estimate of drug-likeness (QED) is 0.638. The molecule has 5 rings (SSSR count). The summed E-state index contributed by atoms with van der Waals surface area (Å²) >= 11 is 0. The number of hydrogen-bond acceptors (Lipinski definition) is 3. The van der Waals surface area contributed by atoms with Crippen LogP contribution in [0.2, 0.25) is 0 Å². The summed E-state index contributed by atoms with van der Waals surface area (Å²) in [6.07, 6.45) is 9.63. The van der Waals surface area contributed by atoms with Crippen molar-refractivity contribution >= 4 is 17.1 Å². The van der Waals surface area contributed by atoms with E-state index in [0.717, 1.165) is 36.2 Å². The third-order valence-corrected chi connectivity index (χ3v) is 6.76. The zero-order chi connectivity index (χ0) is 20.4. The average Bonchev–Trinajstić information content (AvgIpc) is 3.36. The molecule has 2 aromatic heterocycles. The topological polar surface area (TPSA) is 46.4 Å². The highest BCUT2D eigenvalue weighted by Crippen LogP contribution is 2.49. The molecule has 1 N–H and O–H groups in total. The summed E-state index contributed by atoms with van der Waals surface area (Å²) in [5, 5.41) is 3.61. The predicted octanol–water partition coefficient (Wildman–Crippen LogP) is 5.10. The van der Waals surface area contributed by atoms with Crippen molar-refractivity contribution < 1.29 is 4.79 Å². The number of allylic oxidation sites excluding steroid dienone is 1. The molecule has 0 radical (unpaired) electrons. The van der Waals surface area contributed by atoms with Crippen LogP contribution < -0.4 is 5.32 Å². The fraction of sp³-hybridized carbons (Fsp3) is 0.360. The lowest BCUT2D eigenvalue weighted by Gasteiger charge is -2.44. The first-order valence-electron chi connectivity index (χ1n) is 10.4. The molecule has 3 aromatic rings. The van der Waals surface area contributed by atoms with Crippen LogP contribution in [-0.4, -0.2) is 20.7 Å². The molecular formula is C25H27N3O. The van der Waals surface area contributed by atoms with Gasteiger partial charge in [-0.05, 0) is 81.3 Å². The van der Waals surface area contributed by atoms with Crippen molar-refractivity contribution in [3.63, 3.8) is 0 Å². The van der Waals surface area contributed by atoms with Crippen molar-refractivity contribution in [2.75, 3.05) is 5.32 Å². The summed E-state index contributed by atoms with van der Waals surface area (Å²) in [6, 6.07) is 8.51. The zero-order valence-electron chi connectivity index (χ0n) is 17.4. The Labute approximate surface area is 171 Å². The van der Waals surface area contributed by atoms with Crippen LogP contribution in [-0.2, 0) is 23.1 Å². The van der Waals surface area contributed by atoms with E-state index in [1.165, 1.54) is 22.4 Å². The Hall–Kier alpha value is -2.88. The van der Waals surface area contributed by atoms with Gasteiger partial charge >= 0.3 is 0 Å². The number of imidazole rings is 1. The van der Waals surface area contributed by atoms with Crippen LogP contribution in [0.25, 0.3) is 16.9 Å². The summed E-state index contributed by atoms with van der Waals surface area (Å²) in [6.45, 7) is 10.0. The van der Waals surface area contributed by atoms with Crippen LogP contribution in [0.4, 0.5) is 5.69 Å². The maximum absolute atomic E-state index is 13.5. The van der Waals surface area contributed by atoms with E-state index in [1.807, 2.05) is 38.4 Å². The van der Waals surface area contributed by atoms with Gasteiger partial charge in [0.1, 0.15) is 5.65 Å². The Balaban J connectivity index is 1.85. The van der Waals surface area contributed by atoms with E-state index in [1.54, 1.807) is 0 Å². The number of benzene rings is 1. The Morgan fingerprint density at radius 3 is 2.83 bits per heavy atom. The number of Topliss-reactive ketones (excluding diaryl/α,β-unsaturated/α-hetero) is 1. The Bertz CT molecular complexity index is 1170. The van der Waals surface area contributed by atoms with Gasteiger partial charge in [-0.2, -0.15) is 0 Å². The van der Waals surface area contributed by atoms with Gasteiger partial charge < -0.3 is 5.32 Å². The monoisotopic (exact) mass is 385 g/mol. The Kier molecular flexibility index (Phi) is 3.79. The van der Waals surface area contributed by atoms with Gasteiger partial charge in [0, 0.05) is 23.6 Å². The normalized spacial score (nSPS) is 22.2. The molecule has 1 unspecified atom stereocenters. The number of fused-ring (bicyclic) bond motifs is 4. The largest absolute Gasteiger partial charge is 0.373 e. The van der Waals surface area contributed by atoms with Crippen LogP contribution in [0.3, 0.4) is 0 Å². The molecule has 0 saturated carbocycles. The molecule has 3 heterocycles. The number of aromatic nitrogens is 2. The fourth-order valence-corrected chi connectivity index (χ4v) is 5.43. The van der Waals surface area contributed by atoms with Gasteiger partial charge in [0.25, 0.3) is 0 Å². The maximum atomic E-state index is 13.5. The van der Waals surface area contributed by atoms with Gasteiger partial charge in [-0.25, -0.2) is 4.98 Å². The highest BCUT2D eigenvalue weighted by molar-refractivity contribution is 6.04. The van der Waals surface area contributed by atoms with Crippen LogP contribution in [0.5, 0.6) is 0 Å². The lowest BCUT2D eigenvalue weighted by Crippen LogP contribution is -2.55. The number of nitrogens with zero attached hydrogens (tertiary/aromatic N) is 2. The first-order valence-corrected chi connectivity index (χ1v) is 10.4. The van der Waals surface area contributed by atoms with Gasteiger partial charge in [-0.1, -0.05) is 12.1 Å². The second-order valence-corrected chi connectivity index (χ2v) is 9.13. The molecule has 0 fully saturated rings. The summed E-state index contributed by atoms with van der Waals surface area (Å²) in [7, 11) is 0. The van der Waals surface area contributed by atoms with E-state index in [2.05, 4.69) is 46.4 Å². The molecule has 0 spiro atoms. The third-order valence-electron chi connectivity index (χ3n) is 6.76. The molecule has 29 heavy (non-hydrogen) atoms. The smallest absolute Gasteiger partial charge is 0.168 e. The van der Waals surface area contributed by atoms with E-state index in [-0.39, 0.29) is 5.78 Å². The first-order chi connectivity index (χ1) is 13.9. The van der Waals surface area contributed by atoms with E-state index < -0.39 is 11.0 Å². The predicted molar refractivity (Wildman–Crippen MR) is 118 cm³/mol. The molecule has 2 aliphatic rings. The van der Waals surface area contributed by atoms with Crippen molar-refractivity contribution in [2.45, 2.75) is 57.4 Å². The summed E-state index contributed by atoms with van der Waals surface area (Å²) < 4.78 is 2.15. The number of hydrogen-bond donors (Lipinski definition) is 1. The van der Waals surface area contributed by atoms with Gasteiger partial charge in [0.05, 0.1) is 16.6 Å². The number of pyridine rings is 1. The second-order valence-electron chi connectivity index (χ2n) is 9.13. The van der Waals surface area contributed by atoms with E-state index in [9.17, 15) is 4.79 Å². The molecule has 4 heteroatoms. The number of rotatable bonds is 3. The van der Waals surface area contributed by atoms with Crippen molar-refractivity contribution in [1.29, 1.82) is 0 Å². The van der Waals surface area contributed by atoms with Crippen molar-refractivity contribution in [2.24, 2.45) is 0 Å². The zero-order valence-corrected chi connectivity index (χ0v) is 17.4. The number of carbonyl (C=O) groups excluding carboxylic acids is 1. The maximum Gasteiger partial charge on any atom is 0.168 e. The minimum absolute atomic E-state index is 0.224. The summed E-state index contributed by atoms with van der Waals surface area (Å²) in [5.74, 6) is 0.224. The molecule has 1 aliphatic carbocycles. The average molecular weight is 386 g/mol. The third kappa shape index (κ3) is 2.44. The van der Waals surface area contributed by atoms with Crippen LogP contribution in [0.15, 0.2) is 49.3 Å². The molecular weight excluding hydrogens is 358 g/mol. The number of nitrogens with one attached hydrogen (secondary N) is 1. The highest BCUT2D eigenvalue weighted by Gasteiger charge is 2.49. The standard InChI is InChI=1S/C25H27N3O/c1-5-12-25(4)19-15-18(20-10-7-11-21-26-13-14-28(20)21)16-8-6-9-17(16)22(19)27-24(2,3)23(25)29/h5,7,10-11,13-15,27H,1,6,8-9,12H2,2-4H3. The number of carbonyl (C=O) groups is 1. The van der Waals surface area contributed by atoms with E-state index in [0.29, 0.717) is 6.42 Å². The van der Waals surface area contributed by atoms with E-state index >= 15 is 0 Å². The second kappa shape index (κ2) is 6.06. The van der Waals surface area contributed by atoms with Gasteiger partial charge in [-0.3, -0.25) is 9.20 Å². The molecule has 1 aliphatic heterocycles. The molecule has 0 bridgehead atoms. The SMILES string of the molecule is C=CCC1(C)C(=O)C(C)(C)Nc2c1cc(-c1cccc3nccn13)c1c2CCC1. The summed E-state index contributed by atoms with van der Waals surface area (Å²) in [5.41, 5.74) is 7.20. The fourth-order valence-electron chi connectivity index (χ4n) is 5.43. The first kappa shape index (κ1) is 18.2. The lowest BCUT2D eigenvalue weighted by molar-refractivity contribution is -0.128. The number of anilines is 1. The van der Waals surface area contributed by atoms with Gasteiger partial charge in [0.2, 0.25) is 0 Å². The molecule has 0 saturated heterocycles. The van der Waals surface area contributed by atoms with Gasteiger partial charge in [-0.15, -0.1) is 6.58 Å². The van der Waals surface area contributed by atoms with Gasteiger partial charge in [0.15, 0.2) is 5.78 Å². The molecule has 1 atom stereocenters. The van der Waals surface area contributed by atoms with Crippen molar-refractivity contribution in [3.05, 3.63) is 66.0 Å². The highest BCUT2D eigenvalue weighted by atomic mass is 16.1. The minimum Gasteiger partial charge on any atom is -0.373 e. The van der Waals surface area contributed by atoms with Crippen molar-refractivity contribution in [3.8, 4) is 11.3 Å². The van der Waals surface area contributed by atoms with Crippen LogP contribution in [0.1, 0.15) is 50.3 Å². The van der Waals surface area contributed by atoms with Crippen LogP contribution in [0, 0.1) is 0 Å². The van der Waals surface area contributed by atoms with Crippen molar-refractivity contribution in [1.82, 2.24) is 9.38 Å². The molecule has 4 nitrogen and oxygen atoms in total. The molecule has 1 aromatic carbocycles. The summed E-state index contributed by atoms with van der Waals surface area (Å²) in [4.78, 5) is 18.0. The number of ketones is 1. The van der Waals surface area contributed by atoms with Crippen LogP contribution >= 0.6 is 0 Å². The Morgan fingerprint density at radius 1 is 1.24 bits per heavy atom. The Morgan fingerprint density at radius 2 is 2.03 bits per heavy atom. The lowest BCUT2D eigenvalue weighted by atomic mass is 9.65. The van der Waals surface area contributed by atoms with E-state index in [4.69, 9.17) is 0 Å². The molecule has 0 amide bonds.